The van der Waals surface area contributed by atoms with Gasteiger partial charge in [-0.15, -0.1) is 0 Å². The fourth-order valence-electron chi connectivity index (χ4n) is 4.86. The lowest BCUT2D eigenvalue weighted by atomic mass is 9.91. The van der Waals surface area contributed by atoms with Crippen LogP contribution in [0, 0.1) is 11.8 Å². The number of benzene rings is 2. The maximum absolute atomic E-state index is 13.2. The lowest BCUT2D eigenvalue weighted by molar-refractivity contribution is -0.133. The van der Waals surface area contributed by atoms with Crippen LogP contribution in [0.4, 0.5) is 0 Å². The minimum Gasteiger partial charge on any atom is -0.368 e. The maximum atomic E-state index is 13.2. The zero-order chi connectivity index (χ0) is 25.7. The summed E-state index contributed by atoms with van der Waals surface area (Å²) in [5.74, 6) is -1.79. The highest BCUT2D eigenvalue weighted by Crippen LogP contribution is 2.33. The Morgan fingerprint density at radius 3 is 2.39 bits per heavy atom. The van der Waals surface area contributed by atoms with Gasteiger partial charge in [0.2, 0.25) is 23.6 Å². The summed E-state index contributed by atoms with van der Waals surface area (Å²) in [5, 5.41) is 10.4. The van der Waals surface area contributed by atoms with Crippen molar-refractivity contribution in [3.05, 3.63) is 48.0 Å². The summed E-state index contributed by atoms with van der Waals surface area (Å²) in [6, 6.07) is 11.1. The van der Waals surface area contributed by atoms with Gasteiger partial charge in [-0.05, 0) is 54.4 Å². The van der Waals surface area contributed by atoms with E-state index in [1.54, 1.807) is 0 Å². The number of amides is 4. The van der Waals surface area contributed by atoms with Crippen LogP contribution in [-0.4, -0.2) is 48.3 Å². The van der Waals surface area contributed by atoms with Gasteiger partial charge in [0.25, 0.3) is 0 Å². The number of carbonyl (C=O) groups is 4. The van der Waals surface area contributed by atoms with Crippen molar-refractivity contribution in [2.45, 2.75) is 63.1 Å². The van der Waals surface area contributed by atoms with Crippen LogP contribution in [0.1, 0.15) is 44.1 Å². The van der Waals surface area contributed by atoms with E-state index >= 15 is 0 Å². The van der Waals surface area contributed by atoms with E-state index in [-0.39, 0.29) is 18.2 Å². The fourth-order valence-corrected chi connectivity index (χ4v) is 4.86. The molecule has 2 aliphatic rings. The molecule has 2 aromatic carbocycles. The van der Waals surface area contributed by atoms with Crippen molar-refractivity contribution in [3.63, 3.8) is 0 Å². The Morgan fingerprint density at radius 2 is 1.67 bits per heavy atom. The van der Waals surface area contributed by atoms with E-state index in [1.165, 1.54) is 0 Å². The molecule has 4 rings (SSSR count). The lowest BCUT2D eigenvalue weighted by Gasteiger charge is -2.27. The van der Waals surface area contributed by atoms with E-state index in [1.807, 2.05) is 42.5 Å². The first-order valence-electron chi connectivity index (χ1n) is 12.7. The van der Waals surface area contributed by atoms with Crippen LogP contribution in [0.15, 0.2) is 42.5 Å². The van der Waals surface area contributed by atoms with Crippen molar-refractivity contribution < 1.29 is 19.2 Å². The molecule has 4 amide bonds. The molecule has 0 unspecified atom stereocenters. The molecule has 7 N–H and O–H groups in total. The smallest absolute Gasteiger partial charge is 0.243 e. The number of fused-ring (bicyclic) bond motifs is 1. The molecule has 1 aliphatic heterocycles. The number of rotatable bonds is 11. The van der Waals surface area contributed by atoms with Crippen LogP contribution >= 0.6 is 0 Å². The van der Waals surface area contributed by atoms with Gasteiger partial charge >= 0.3 is 0 Å². The van der Waals surface area contributed by atoms with Crippen LogP contribution in [0.2, 0.25) is 0 Å². The number of carbonyl (C=O) groups excluding carboxylic acids is 4. The third-order valence-corrected chi connectivity index (χ3v) is 7.14. The average Bonchev–Trinajstić information content (AvgIpc) is 3.68. The summed E-state index contributed by atoms with van der Waals surface area (Å²) in [5.41, 5.74) is 12.8. The molecule has 0 aromatic heterocycles. The van der Waals surface area contributed by atoms with Gasteiger partial charge in [-0.25, -0.2) is 0 Å². The predicted molar refractivity (Wildman–Crippen MR) is 136 cm³/mol. The van der Waals surface area contributed by atoms with Gasteiger partial charge in [-0.3, -0.25) is 19.2 Å². The summed E-state index contributed by atoms with van der Waals surface area (Å²) < 4.78 is 0. The number of hydrogen-bond acceptors (Lipinski definition) is 5. The first-order chi connectivity index (χ1) is 17.3. The molecule has 1 saturated carbocycles. The first-order valence-corrected chi connectivity index (χ1v) is 12.7. The molecule has 192 valence electrons. The Morgan fingerprint density at radius 1 is 0.944 bits per heavy atom. The molecule has 0 radical (unpaired) electrons. The van der Waals surface area contributed by atoms with Crippen LogP contribution < -0.4 is 27.4 Å². The molecule has 0 bridgehead atoms. The molecule has 9 heteroatoms. The highest BCUT2D eigenvalue weighted by atomic mass is 16.2. The van der Waals surface area contributed by atoms with Gasteiger partial charge < -0.3 is 27.4 Å². The molecule has 1 saturated heterocycles. The normalized spacial score (nSPS) is 20.1. The van der Waals surface area contributed by atoms with Gasteiger partial charge in [-0.1, -0.05) is 55.3 Å². The number of nitrogens with two attached hydrogens (primary N) is 2. The SMILES string of the molecule is NC(=O)[C@H](C[C@@H]1CCCNC1=O)NC(=O)[C@H](CC1CC1)NC(=O)[C@@H](N)Cc1cccc2ccccc12. The highest BCUT2D eigenvalue weighted by Gasteiger charge is 2.34. The van der Waals surface area contributed by atoms with Crippen LogP contribution in [0.25, 0.3) is 10.8 Å². The highest BCUT2D eigenvalue weighted by molar-refractivity contribution is 5.93. The monoisotopic (exact) mass is 493 g/mol. The number of piperidine rings is 1. The third kappa shape index (κ3) is 6.60. The molecule has 1 heterocycles. The van der Waals surface area contributed by atoms with Gasteiger partial charge in [-0.2, -0.15) is 0 Å². The molecule has 9 nitrogen and oxygen atoms in total. The Hall–Kier alpha value is -3.46. The zero-order valence-corrected chi connectivity index (χ0v) is 20.4. The van der Waals surface area contributed by atoms with E-state index in [2.05, 4.69) is 16.0 Å². The quantitative estimate of drug-likeness (QED) is 0.314. The second-order valence-electron chi connectivity index (χ2n) is 10.0. The summed E-state index contributed by atoms with van der Waals surface area (Å²) in [4.78, 5) is 50.4. The van der Waals surface area contributed by atoms with Crippen LogP contribution in [-0.2, 0) is 25.6 Å². The van der Waals surface area contributed by atoms with Gasteiger partial charge in [0.1, 0.15) is 12.1 Å². The number of primary amides is 1. The average molecular weight is 494 g/mol. The van der Waals surface area contributed by atoms with E-state index in [0.717, 1.165) is 35.6 Å². The van der Waals surface area contributed by atoms with E-state index in [4.69, 9.17) is 11.5 Å². The topological polar surface area (TPSA) is 156 Å². The Labute approximate surface area is 210 Å². The Kier molecular flexibility index (Phi) is 8.20. The van der Waals surface area contributed by atoms with Gasteiger partial charge in [0.15, 0.2) is 0 Å². The number of nitrogens with one attached hydrogen (secondary N) is 3. The molecule has 2 fully saturated rings. The Bertz CT molecular complexity index is 1130. The van der Waals surface area contributed by atoms with Crippen molar-refractivity contribution in [2.75, 3.05) is 6.54 Å². The second-order valence-corrected chi connectivity index (χ2v) is 10.0. The molecule has 1 aliphatic carbocycles. The molecule has 4 atom stereocenters. The largest absolute Gasteiger partial charge is 0.368 e. The molecular formula is C27H35N5O4. The van der Waals surface area contributed by atoms with Crippen molar-refractivity contribution in [3.8, 4) is 0 Å². The molecule has 2 aromatic rings. The molecular weight excluding hydrogens is 458 g/mol. The van der Waals surface area contributed by atoms with E-state index in [0.29, 0.717) is 31.7 Å². The maximum Gasteiger partial charge on any atom is 0.243 e. The zero-order valence-electron chi connectivity index (χ0n) is 20.4. The predicted octanol–water partition coefficient (Wildman–Crippen LogP) is 0.881. The van der Waals surface area contributed by atoms with Crippen LogP contribution in [0.3, 0.4) is 0 Å². The molecule has 0 spiro atoms. The summed E-state index contributed by atoms with van der Waals surface area (Å²) >= 11 is 0. The fraction of sp³-hybridized carbons (Fsp3) is 0.481. The summed E-state index contributed by atoms with van der Waals surface area (Å²) in [6.07, 6.45) is 4.35. The van der Waals surface area contributed by atoms with Gasteiger partial charge in [0.05, 0.1) is 6.04 Å². The standard InChI is InChI=1S/C27H35N5O4/c28-21(14-18-7-3-6-17-5-1-2-9-20(17)18)26(35)32-23(13-16-10-11-16)27(36)31-22(24(29)33)15-19-8-4-12-30-25(19)34/h1-3,5-7,9,16,19,21-23H,4,8,10-15,28H2,(H2,29,33)(H,30,34)(H,31,36)(H,32,35)/t19-,21-,22-,23-/m0/s1. The summed E-state index contributed by atoms with van der Waals surface area (Å²) in [6.45, 7) is 0.609. The van der Waals surface area contributed by atoms with Crippen molar-refractivity contribution in [1.82, 2.24) is 16.0 Å². The minimum atomic E-state index is -0.991. The summed E-state index contributed by atoms with van der Waals surface area (Å²) in [7, 11) is 0. The van der Waals surface area contributed by atoms with Crippen molar-refractivity contribution in [1.29, 1.82) is 0 Å². The minimum absolute atomic E-state index is 0.135. The van der Waals surface area contributed by atoms with Crippen molar-refractivity contribution in [2.24, 2.45) is 23.3 Å². The first kappa shape index (κ1) is 25.6. The second kappa shape index (κ2) is 11.5. The lowest BCUT2D eigenvalue weighted by Crippen LogP contribution is -2.56. The van der Waals surface area contributed by atoms with E-state index in [9.17, 15) is 19.2 Å². The molecule has 36 heavy (non-hydrogen) atoms. The van der Waals surface area contributed by atoms with E-state index < -0.39 is 35.8 Å². The van der Waals surface area contributed by atoms with Crippen LogP contribution in [0.5, 0.6) is 0 Å². The number of hydrogen-bond donors (Lipinski definition) is 5. The van der Waals surface area contributed by atoms with Gasteiger partial charge in [0, 0.05) is 12.5 Å². The third-order valence-electron chi connectivity index (χ3n) is 7.14. The Balaban J connectivity index is 1.40. The van der Waals surface area contributed by atoms with Crippen molar-refractivity contribution >= 4 is 34.4 Å².